The van der Waals surface area contributed by atoms with Gasteiger partial charge >= 0.3 is 6.36 Å². The van der Waals surface area contributed by atoms with Gasteiger partial charge in [-0.15, -0.1) is 13.2 Å². The lowest BCUT2D eigenvalue weighted by molar-refractivity contribution is -0.326. The molecule has 1 aliphatic rings. The summed E-state index contributed by atoms with van der Waals surface area (Å²) in [6.45, 7) is 0.495. The molecule has 202 valence electrons. The highest BCUT2D eigenvalue weighted by Crippen LogP contribution is 2.24. The second-order valence-corrected chi connectivity index (χ2v) is 8.44. The number of fused-ring (bicyclic) bond motifs is 1. The number of carbonyl (C=O) groups is 2. The summed E-state index contributed by atoms with van der Waals surface area (Å²) in [4.78, 5) is 47.5. The van der Waals surface area contributed by atoms with Crippen LogP contribution in [0.1, 0.15) is 30.1 Å². The summed E-state index contributed by atoms with van der Waals surface area (Å²) in [6, 6.07) is 1.89. The van der Waals surface area contributed by atoms with Gasteiger partial charge in [0.2, 0.25) is 11.3 Å². The Morgan fingerprint density at radius 3 is 2.63 bits per heavy atom. The second-order valence-electron chi connectivity index (χ2n) is 8.44. The lowest BCUT2D eigenvalue weighted by Gasteiger charge is -2.19. The van der Waals surface area contributed by atoms with Crippen molar-refractivity contribution in [2.24, 2.45) is 0 Å². The number of anilines is 1. The molecular weight excluding hydrogens is 521 g/mol. The average molecular weight is 541 g/mol. The Bertz CT molecular complexity index is 1460. The molecule has 0 spiro atoms. The topological polar surface area (TPSA) is 127 Å². The summed E-state index contributed by atoms with van der Waals surface area (Å²) in [7, 11) is 0. The van der Waals surface area contributed by atoms with Gasteiger partial charge in [-0.05, 0) is 18.6 Å². The zero-order chi connectivity index (χ0) is 27.8. The van der Waals surface area contributed by atoms with E-state index in [2.05, 4.69) is 20.0 Å². The maximum Gasteiger partial charge on any atom is 0.522 e. The fourth-order valence-corrected chi connectivity index (χ4v) is 3.88. The molecule has 1 fully saturated rings. The molecule has 1 saturated heterocycles. The first kappa shape index (κ1) is 27.1. The number of nitrogens with one attached hydrogen (secondary N) is 1. The normalized spacial score (nSPS) is 16.8. The Kier molecular flexibility index (Phi) is 7.42. The molecule has 3 aromatic heterocycles. The van der Waals surface area contributed by atoms with E-state index in [9.17, 15) is 41.4 Å². The van der Waals surface area contributed by atoms with Crippen molar-refractivity contribution in [3.8, 4) is 5.82 Å². The minimum absolute atomic E-state index is 0.0160. The number of β-amino-alcohol motifs (C(OH)–C–C–N with tert-alkyl or cyclic N) is 1. The summed E-state index contributed by atoms with van der Waals surface area (Å²) in [5.41, 5.74) is -1.73. The van der Waals surface area contributed by atoms with Crippen molar-refractivity contribution in [3.63, 3.8) is 0 Å². The van der Waals surface area contributed by atoms with Crippen LogP contribution < -0.4 is 15.6 Å². The number of carbonyl (C=O) groups excluding carboxylic acids is 2. The van der Waals surface area contributed by atoms with Crippen LogP contribution in [0.15, 0.2) is 35.4 Å². The predicted octanol–water partition coefficient (Wildman–Crippen LogP) is 2.20. The molecule has 4 heterocycles. The summed E-state index contributed by atoms with van der Waals surface area (Å²) in [5, 5.41) is 11.9. The number of ether oxygens (including phenoxy) is 1. The molecule has 0 aliphatic carbocycles. The SMILES string of the molecule is CCC(COC(F)(F)F)NC(=O)c1cn(-c2ncc(F)cc2F)c2nc(N3C[C@@H](O)CC3=O)ccc2c1=O. The molecule has 0 radical (unpaired) electrons. The first-order valence-corrected chi connectivity index (χ1v) is 11.3. The number of aromatic nitrogens is 3. The number of hydrogen-bond acceptors (Lipinski definition) is 7. The van der Waals surface area contributed by atoms with E-state index in [0.717, 1.165) is 15.7 Å². The van der Waals surface area contributed by atoms with E-state index in [0.29, 0.717) is 12.3 Å². The Labute approximate surface area is 210 Å². The number of pyridine rings is 3. The standard InChI is InChI=1S/C23H20F5N5O5/c1-2-12(10-38-23(26,27)28)30-22(37)15-9-33(21-16(25)5-11(24)7-29-21)20-14(19(15)36)3-4-17(31-20)32-8-13(34)6-18(32)35/h3-5,7,9,12-13,34H,2,6,8,10H2,1H3,(H,30,37)/t12?,13-/m0/s1. The summed E-state index contributed by atoms with van der Waals surface area (Å²) in [6.07, 6.45) is -4.45. The highest BCUT2D eigenvalue weighted by molar-refractivity contribution is 5.99. The van der Waals surface area contributed by atoms with Crippen LogP contribution in [0.3, 0.4) is 0 Å². The van der Waals surface area contributed by atoms with Gasteiger partial charge in [0.25, 0.3) is 5.91 Å². The van der Waals surface area contributed by atoms with E-state index in [1.54, 1.807) is 0 Å². The van der Waals surface area contributed by atoms with Gasteiger partial charge in [0.05, 0.1) is 43.3 Å². The van der Waals surface area contributed by atoms with Crippen LogP contribution in [0.4, 0.5) is 27.8 Å². The summed E-state index contributed by atoms with van der Waals surface area (Å²) >= 11 is 0. The van der Waals surface area contributed by atoms with Crippen LogP contribution in [0.5, 0.6) is 0 Å². The van der Waals surface area contributed by atoms with Crippen LogP contribution in [-0.2, 0) is 9.53 Å². The van der Waals surface area contributed by atoms with E-state index < -0.39 is 65.4 Å². The molecule has 4 rings (SSSR count). The van der Waals surface area contributed by atoms with Crippen molar-refractivity contribution < 1.29 is 41.4 Å². The quantitative estimate of drug-likeness (QED) is 0.439. The Morgan fingerprint density at radius 1 is 1.29 bits per heavy atom. The third kappa shape index (κ3) is 5.62. The lowest BCUT2D eigenvalue weighted by atomic mass is 10.1. The lowest BCUT2D eigenvalue weighted by Crippen LogP contribution is -2.41. The zero-order valence-corrected chi connectivity index (χ0v) is 19.6. The first-order valence-electron chi connectivity index (χ1n) is 11.3. The molecule has 1 unspecified atom stereocenters. The number of amides is 2. The molecular formula is C23H20F5N5O5. The number of hydrogen-bond donors (Lipinski definition) is 2. The molecule has 2 amide bonds. The number of aliphatic hydroxyl groups excluding tert-OH is 1. The highest BCUT2D eigenvalue weighted by atomic mass is 19.4. The Balaban J connectivity index is 1.83. The summed E-state index contributed by atoms with van der Waals surface area (Å²) in [5.74, 6) is -4.24. The highest BCUT2D eigenvalue weighted by Gasteiger charge is 2.32. The fourth-order valence-electron chi connectivity index (χ4n) is 3.88. The number of alkyl halides is 3. The van der Waals surface area contributed by atoms with Gasteiger partial charge in [0.15, 0.2) is 17.3 Å². The second kappa shape index (κ2) is 10.4. The van der Waals surface area contributed by atoms with Gasteiger partial charge < -0.3 is 10.4 Å². The van der Waals surface area contributed by atoms with Gasteiger partial charge in [-0.25, -0.2) is 18.7 Å². The minimum Gasteiger partial charge on any atom is -0.391 e. The molecule has 0 aromatic carbocycles. The summed E-state index contributed by atoms with van der Waals surface area (Å²) < 4.78 is 70.3. The fraction of sp³-hybridized carbons (Fsp3) is 0.348. The van der Waals surface area contributed by atoms with Gasteiger partial charge in [-0.3, -0.25) is 28.6 Å². The molecule has 0 bridgehead atoms. The van der Waals surface area contributed by atoms with Crippen molar-refractivity contribution in [2.45, 2.75) is 38.3 Å². The molecule has 2 N–H and O–H groups in total. The van der Waals surface area contributed by atoms with Crippen molar-refractivity contribution in [1.29, 1.82) is 0 Å². The molecule has 15 heteroatoms. The van der Waals surface area contributed by atoms with E-state index >= 15 is 0 Å². The van der Waals surface area contributed by atoms with E-state index in [4.69, 9.17) is 0 Å². The van der Waals surface area contributed by atoms with Crippen LogP contribution >= 0.6 is 0 Å². The van der Waals surface area contributed by atoms with Crippen molar-refractivity contribution >= 4 is 28.7 Å². The first-order chi connectivity index (χ1) is 17.9. The number of halogens is 5. The van der Waals surface area contributed by atoms with Crippen molar-refractivity contribution in [1.82, 2.24) is 19.9 Å². The van der Waals surface area contributed by atoms with Gasteiger partial charge in [0.1, 0.15) is 17.2 Å². The van der Waals surface area contributed by atoms with Gasteiger partial charge in [-0.1, -0.05) is 6.92 Å². The smallest absolute Gasteiger partial charge is 0.391 e. The average Bonchev–Trinajstić information content (AvgIpc) is 3.19. The maximum absolute atomic E-state index is 14.7. The van der Waals surface area contributed by atoms with E-state index in [1.807, 2.05) is 0 Å². The van der Waals surface area contributed by atoms with Crippen LogP contribution in [0.25, 0.3) is 16.9 Å². The Hall–Kier alpha value is -3.98. The maximum atomic E-state index is 14.7. The van der Waals surface area contributed by atoms with Gasteiger partial charge in [-0.2, -0.15) is 0 Å². The van der Waals surface area contributed by atoms with Crippen LogP contribution in [0.2, 0.25) is 0 Å². The number of nitrogens with zero attached hydrogens (tertiary/aromatic N) is 4. The van der Waals surface area contributed by atoms with E-state index in [1.165, 1.54) is 19.1 Å². The largest absolute Gasteiger partial charge is 0.522 e. The molecule has 3 aromatic rings. The van der Waals surface area contributed by atoms with E-state index in [-0.39, 0.29) is 36.2 Å². The number of rotatable bonds is 7. The molecule has 10 nitrogen and oxygen atoms in total. The monoisotopic (exact) mass is 541 g/mol. The third-order valence-corrected chi connectivity index (χ3v) is 5.75. The van der Waals surface area contributed by atoms with Crippen molar-refractivity contribution in [2.75, 3.05) is 18.1 Å². The third-order valence-electron chi connectivity index (χ3n) is 5.75. The molecule has 2 atom stereocenters. The molecule has 0 saturated carbocycles. The van der Waals surface area contributed by atoms with Crippen molar-refractivity contribution in [3.05, 3.63) is 58.0 Å². The molecule has 1 aliphatic heterocycles. The van der Waals surface area contributed by atoms with Crippen LogP contribution in [0, 0.1) is 11.6 Å². The number of aliphatic hydroxyl groups is 1. The Morgan fingerprint density at radius 2 is 2.03 bits per heavy atom. The molecule has 38 heavy (non-hydrogen) atoms. The predicted molar refractivity (Wildman–Crippen MR) is 122 cm³/mol. The van der Waals surface area contributed by atoms with Crippen LogP contribution in [-0.4, -0.2) is 63.1 Å². The zero-order valence-electron chi connectivity index (χ0n) is 19.6. The minimum atomic E-state index is -4.93. The van der Waals surface area contributed by atoms with Gasteiger partial charge in [0, 0.05) is 12.3 Å².